The molecule has 0 spiro atoms. The lowest BCUT2D eigenvalue weighted by molar-refractivity contribution is -0.130. The second kappa shape index (κ2) is 8.56. The molecule has 154 valence electrons. The first-order valence-corrected chi connectivity index (χ1v) is 9.98. The zero-order valence-corrected chi connectivity index (χ0v) is 17.2. The molecule has 7 nitrogen and oxygen atoms in total. The molecule has 1 atom stereocenters. The van der Waals surface area contributed by atoms with Gasteiger partial charge in [-0.2, -0.15) is 5.26 Å². The number of nitrogens with zero attached hydrogens (tertiary/aromatic N) is 2. The summed E-state index contributed by atoms with van der Waals surface area (Å²) in [5.41, 5.74) is 1.21. The summed E-state index contributed by atoms with van der Waals surface area (Å²) in [4.78, 5) is 25.2. The minimum Gasteiger partial charge on any atom is -0.467 e. The zero-order chi connectivity index (χ0) is 21.0. The van der Waals surface area contributed by atoms with Crippen molar-refractivity contribution in [2.24, 2.45) is 0 Å². The maximum absolute atomic E-state index is 12.7. The van der Waals surface area contributed by atoms with Crippen molar-refractivity contribution in [1.82, 2.24) is 9.88 Å². The van der Waals surface area contributed by atoms with E-state index in [-0.39, 0.29) is 0 Å². The lowest BCUT2D eigenvalue weighted by Crippen LogP contribution is -2.52. The first-order valence-electron chi connectivity index (χ1n) is 9.98. The molecule has 2 aromatic rings. The Morgan fingerprint density at radius 3 is 2.69 bits per heavy atom. The Kier molecular flexibility index (Phi) is 6.12. The molecule has 2 aromatic heterocycles. The third kappa shape index (κ3) is 4.53. The average molecular weight is 397 g/mol. The summed E-state index contributed by atoms with van der Waals surface area (Å²) >= 11 is 0. The van der Waals surface area contributed by atoms with Crippen LogP contribution in [0.15, 0.2) is 28.9 Å². The Morgan fingerprint density at radius 1 is 1.34 bits per heavy atom. The molecule has 0 saturated heterocycles. The summed E-state index contributed by atoms with van der Waals surface area (Å²) in [5.74, 6) is -0.207. The Bertz CT molecular complexity index is 915. The molecule has 1 fully saturated rings. The summed E-state index contributed by atoms with van der Waals surface area (Å²) in [6.45, 7) is 5.79. The molecule has 1 amide bonds. The van der Waals surface area contributed by atoms with Crippen LogP contribution in [-0.2, 0) is 16.1 Å². The van der Waals surface area contributed by atoms with Gasteiger partial charge in [-0.3, -0.25) is 4.79 Å². The van der Waals surface area contributed by atoms with E-state index >= 15 is 0 Å². The van der Waals surface area contributed by atoms with Gasteiger partial charge >= 0.3 is 5.97 Å². The van der Waals surface area contributed by atoms with Crippen molar-refractivity contribution in [3.05, 3.63) is 47.2 Å². The van der Waals surface area contributed by atoms with E-state index in [1.54, 1.807) is 12.3 Å². The average Bonchev–Trinajstić information content (AvgIpc) is 3.32. The van der Waals surface area contributed by atoms with Crippen molar-refractivity contribution >= 4 is 11.9 Å². The van der Waals surface area contributed by atoms with Crippen LogP contribution in [0.5, 0.6) is 0 Å². The molecular formula is C22H27N3O4. The summed E-state index contributed by atoms with van der Waals surface area (Å²) in [6.07, 6.45) is 4.76. The van der Waals surface area contributed by atoms with E-state index in [1.165, 1.54) is 6.92 Å². The number of carbonyl (C=O) groups is 2. The number of amides is 1. The molecule has 0 aromatic carbocycles. The van der Waals surface area contributed by atoms with E-state index < -0.39 is 23.5 Å². The van der Waals surface area contributed by atoms with Gasteiger partial charge < -0.3 is 19.0 Å². The van der Waals surface area contributed by atoms with Crippen LogP contribution in [0.3, 0.4) is 0 Å². The SMILES string of the molecule is Cc1cc(C(=O)O[C@H](C)C(=O)NC2(C#N)CCCCC2)c(C)n1Cc1ccco1. The number of carbonyl (C=O) groups excluding carboxylic acids is 2. The predicted octanol–water partition coefficient (Wildman–Crippen LogP) is 3.63. The number of aromatic nitrogens is 1. The van der Waals surface area contributed by atoms with Gasteiger partial charge in [-0.05, 0) is 51.8 Å². The van der Waals surface area contributed by atoms with Crippen molar-refractivity contribution < 1.29 is 18.7 Å². The zero-order valence-electron chi connectivity index (χ0n) is 17.2. The standard InChI is InChI=1S/C22H27N3O4/c1-15-12-19(16(2)25(15)13-18-8-7-11-28-18)21(27)29-17(3)20(26)24-22(14-23)9-5-4-6-10-22/h7-8,11-12,17H,4-6,9-10,13H2,1-3H3,(H,24,26)/t17-/m1/s1. The summed E-state index contributed by atoms with van der Waals surface area (Å²) < 4.78 is 12.8. The minimum atomic E-state index is -0.984. The molecule has 2 heterocycles. The molecule has 1 aliphatic carbocycles. The van der Waals surface area contributed by atoms with Gasteiger partial charge in [0.1, 0.15) is 11.3 Å². The quantitative estimate of drug-likeness (QED) is 0.751. The van der Waals surface area contributed by atoms with E-state index in [9.17, 15) is 14.9 Å². The number of hydrogen-bond acceptors (Lipinski definition) is 5. The molecule has 0 radical (unpaired) electrons. The van der Waals surface area contributed by atoms with Crippen molar-refractivity contribution in [1.29, 1.82) is 5.26 Å². The highest BCUT2D eigenvalue weighted by Gasteiger charge is 2.35. The Hall–Kier alpha value is -3.01. The predicted molar refractivity (Wildman–Crippen MR) is 106 cm³/mol. The van der Waals surface area contributed by atoms with Gasteiger partial charge in [0.2, 0.25) is 0 Å². The van der Waals surface area contributed by atoms with Crippen LogP contribution in [0.25, 0.3) is 0 Å². The monoisotopic (exact) mass is 397 g/mol. The van der Waals surface area contributed by atoms with Crippen LogP contribution >= 0.6 is 0 Å². The minimum absolute atomic E-state index is 0.418. The van der Waals surface area contributed by atoms with Crippen molar-refractivity contribution in [2.45, 2.75) is 71.1 Å². The fraction of sp³-hybridized carbons (Fsp3) is 0.500. The Morgan fingerprint density at radius 2 is 2.07 bits per heavy atom. The molecule has 1 N–H and O–H groups in total. The maximum atomic E-state index is 12.7. The topological polar surface area (TPSA) is 97.3 Å². The molecule has 1 aliphatic rings. The smallest absolute Gasteiger partial charge is 0.340 e. The van der Waals surface area contributed by atoms with Crippen molar-refractivity contribution in [2.75, 3.05) is 0 Å². The number of hydrogen-bond donors (Lipinski definition) is 1. The number of nitrogens with one attached hydrogen (secondary N) is 1. The van der Waals surface area contributed by atoms with Crippen LogP contribution in [-0.4, -0.2) is 28.1 Å². The second-order valence-electron chi connectivity index (χ2n) is 7.74. The molecule has 7 heteroatoms. The molecule has 0 aliphatic heterocycles. The van der Waals surface area contributed by atoms with E-state index in [1.807, 2.05) is 30.5 Å². The van der Waals surface area contributed by atoms with Gasteiger partial charge in [-0.25, -0.2) is 4.79 Å². The number of aryl methyl sites for hydroxylation is 1. The third-order valence-corrected chi connectivity index (χ3v) is 5.62. The van der Waals surface area contributed by atoms with Crippen LogP contribution in [0, 0.1) is 25.2 Å². The highest BCUT2D eigenvalue weighted by Crippen LogP contribution is 2.28. The van der Waals surface area contributed by atoms with Gasteiger partial charge in [0.05, 0.1) is 24.4 Å². The van der Waals surface area contributed by atoms with Crippen LogP contribution < -0.4 is 5.32 Å². The fourth-order valence-electron chi connectivity index (χ4n) is 3.84. The molecule has 0 bridgehead atoms. The van der Waals surface area contributed by atoms with Crippen molar-refractivity contribution in [3.8, 4) is 6.07 Å². The Labute approximate surface area is 170 Å². The third-order valence-electron chi connectivity index (χ3n) is 5.62. The number of nitriles is 1. The van der Waals surface area contributed by atoms with E-state index in [0.717, 1.165) is 36.4 Å². The van der Waals surface area contributed by atoms with E-state index in [4.69, 9.17) is 9.15 Å². The number of furan rings is 1. The van der Waals surface area contributed by atoms with Crippen LogP contribution in [0.1, 0.15) is 66.5 Å². The highest BCUT2D eigenvalue weighted by atomic mass is 16.5. The molecule has 29 heavy (non-hydrogen) atoms. The van der Waals surface area contributed by atoms with Gasteiger partial charge in [0.15, 0.2) is 6.10 Å². The summed E-state index contributed by atoms with van der Waals surface area (Å²) in [5, 5.41) is 12.3. The Balaban J connectivity index is 1.66. The molecule has 3 rings (SSSR count). The summed E-state index contributed by atoms with van der Waals surface area (Å²) in [7, 11) is 0. The normalized spacial score (nSPS) is 16.6. The number of ether oxygens (including phenoxy) is 1. The lowest BCUT2D eigenvalue weighted by Gasteiger charge is -2.32. The van der Waals surface area contributed by atoms with Crippen LogP contribution in [0.2, 0.25) is 0 Å². The van der Waals surface area contributed by atoms with Gasteiger partial charge in [-0.15, -0.1) is 0 Å². The fourth-order valence-corrected chi connectivity index (χ4v) is 3.84. The molecule has 0 unspecified atom stereocenters. The van der Waals surface area contributed by atoms with Crippen LogP contribution in [0.4, 0.5) is 0 Å². The maximum Gasteiger partial charge on any atom is 0.340 e. The van der Waals surface area contributed by atoms with Gasteiger partial charge in [0.25, 0.3) is 5.91 Å². The second-order valence-corrected chi connectivity index (χ2v) is 7.74. The van der Waals surface area contributed by atoms with E-state index in [0.29, 0.717) is 24.9 Å². The largest absolute Gasteiger partial charge is 0.467 e. The molecular weight excluding hydrogens is 370 g/mol. The first kappa shape index (κ1) is 20.7. The highest BCUT2D eigenvalue weighted by molar-refractivity contribution is 5.93. The summed E-state index contributed by atoms with van der Waals surface area (Å²) in [6, 6.07) is 7.69. The van der Waals surface area contributed by atoms with Crippen molar-refractivity contribution in [3.63, 3.8) is 0 Å². The number of esters is 1. The van der Waals surface area contributed by atoms with Gasteiger partial charge in [0, 0.05) is 11.4 Å². The lowest BCUT2D eigenvalue weighted by atomic mass is 9.83. The number of rotatable bonds is 6. The van der Waals surface area contributed by atoms with E-state index in [2.05, 4.69) is 11.4 Å². The molecule has 1 saturated carbocycles. The van der Waals surface area contributed by atoms with Gasteiger partial charge in [-0.1, -0.05) is 19.3 Å². The first-order chi connectivity index (χ1) is 13.8.